The number of hydrogen-bond donors (Lipinski definition) is 2. The second-order valence-corrected chi connectivity index (χ2v) is 5.00. The SMILES string of the molecule is C[C@H](O)c1ccc(Sc2ncnc3nc[nH]c23)nc1. The third kappa shape index (κ3) is 2.42. The molecule has 3 heterocycles. The average Bonchev–Trinajstić information content (AvgIpc) is 2.89. The molecule has 0 aliphatic carbocycles. The Hall–Kier alpha value is -1.99. The minimum Gasteiger partial charge on any atom is -0.389 e. The van der Waals surface area contributed by atoms with E-state index in [4.69, 9.17) is 0 Å². The first-order valence-electron chi connectivity index (χ1n) is 5.70. The number of nitrogens with one attached hydrogen (secondary N) is 1. The number of rotatable bonds is 3. The first-order chi connectivity index (χ1) is 9.24. The van der Waals surface area contributed by atoms with E-state index in [2.05, 4.69) is 24.9 Å². The molecule has 6 nitrogen and oxygen atoms in total. The van der Waals surface area contributed by atoms with Crippen LogP contribution in [0.4, 0.5) is 0 Å². The molecule has 0 saturated carbocycles. The number of aliphatic hydroxyl groups excluding tert-OH is 1. The smallest absolute Gasteiger partial charge is 0.181 e. The summed E-state index contributed by atoms with van der Waals surface area (Å²) in [4.78, 5) is 19.7. The summed E-state index contributed by atoms with van der Waals surface area (Å²) in [5.41, 5.74) is 2.23. The van der Waals surface area contributed by atoms with Crippen LogP contribution in [0.15, 0.2) is 41.0 Å². The molecule has 0 unspecified atom stereocenters. The molecule has 0 aliphatic rings. The monoisotopic (exact) mass is 273 g/mol. The van der Waals surface area contributed by atoms with E-state index >= 15 is 0 Å². The van der Waals surface area contributed by atoms with Crippen molar-refractivity contribution >= 4 is 22.9 Å². The van der Waals surface area contributed by atoms with E-state index in [0.29, 0.717) is 5.65 Å². The van der Waals surface area contributed by atoms with Crippen LogP contribution < -0.4 is 0 Å². The maximum Gasteiger partial charge on any atom is 0.181 e. The molecule has 3 rings (SSSR count). The first-order valence-corrected chi connectivity index (χ1v) is 6.51. The molecular weight excluding hydrogens is 262 g/mol. The second-order valence-electron chi connectivity index (χ2n) is 3.99. The number of aromatic nitrogens is 5. The van der Waals surface area contributed by atoms with E-state index in [9.17, 15) is 5.11 Å². The largest absolute Gasteiger partial charge is 0.389 e. The van der Waals surface area contributed by atoms with Crippen molar-refractivity contribution in [2.24, 2.45) is 0 Å². The highest BCUT2D eigenvalue weighted by Gasteiger charge is 2.09. The van der Waals surface area contributed by atoms with E-state index in [0.717, 1.165) is 21.1 Å². The van der Waals surface area contributed by atoms with Gasteiger partial charge in [0.1, 0.15) is 21.9 Å². The molecule has 2 N–H and O–H groups in total. The summed E-state index contributed by atoms with van der Waals surface area (Å²) in [5, 5.41) is 11.0. The molecule has 3 aromatic rings. The number of fused-ring (bicyclic) bond motifs is 1. The van der Waals surface area contributed by atoms with Gasteiger partial charge in [0.25, 0.3) is 0 Å². The molecule has 96 valence electrons. The van der Waals surface area contributed by atoms with Crippen LogP contribution in [0, 0.1) is 0 Å². The lowest BCUT2D eigenvalue weighted by Gasteiger charge is -2.05. The van der Waals surface area contributed by atoms with Crippen LogP contribution >= 0.6 is 11.8 Å². The average molecular weight is 273 g/mol. The third-order valence-corrected chi connectivity index (χ3v) is 3.58. The zero-order valence-electron chi connectivity index (χ0n) is 10.1. The summed E-state index contributed by atoms with van der Waals surface area (Å²) < 4.78 is 0. The van der Waals surface area contributed by atoms with E-state index in [1.807, 2.05) is 12.1 Å². The molecule has 0 bridgehead atoms. The lowest BCUT2D eigenvalue weighted by atomic mass is 10.2. The summed E-state index contributed by atoms with van der Waals surface area (Å²) in [6, 6.07) is 3.71. The van der Waals surface area contributed by atoms with Crippen molar-refractivity contribution in [2.75, 3.05) is 0 Å². The zero-order chi connectivity index (χ0) is 13.2. The summed E-state index contributed by atoms with van der Waals surface area (Å²) in [5.74, 6) is 0. The Balaban J connectivity index is 1.90. The Bertz CT molecular complexity index is 695. The van der Waals surface area contributed by atoms with E-state index in [-0.39, 0.29) is 0 Å². The van der Waals surface area contributed by atoms with Crippen molar-refractivity contribution in [3.8, 4) is 0 Å². The van der Waals surface area contributed by atoms with Crippen LogP contribution in [0.1, 0.15) is 18.6 Å². The van der Waals surface area contributed by atoms with Gasteiger partial charge < -0.3 is 10.1 Å². The molecule has 0 amide bonds. The summed E-state index contributed by atoms with van der Waals surface area (Å²) in [6.45, 7) is 1.71. The van der Waals surface area contributed by atoms with Gasteiger partial charge in [0.15, 0.2) is 5.65 Å². The van der Waals surface area contributed by atoms with Crippen LogP contribution in [0.3, 0.4) is 0 Å². The molecular formula is C12H11N5OS. The molecule has 3 aromatic heterocycles. The van der Waals surface area contributed by atoms with Crippen LogP contribution in [0.2, 0.25) is 0 Å². The molecule has 0 spiro atoms. The van der Waals surface area contributed by atoms with Gasteiger partial charge in [-0.2, -0.15) is 0 Å². The van der Waals surface area contributed by atoms with Crippen molar-refractivity contribution in [2.45, 2.75) is 23.1 Å². The Labute approximate surface area is 113 Å². The van der Waals surface area contributed by atoms with Gasteiger partial charge in [0, 0.05) is 6.20 Å². The fraction of sp³-hybridized carbons (Fsp3) is 0.167. The van der Waals surface area contributed by atoms with Crippen LogP contribution in [-0.2, 0) is 0 Å². The van der Waals surface area contributed by atoms with Crippen molar-refractivity contribution < 1.29 is 5.11 Å². The highest BCUT2D eigenvalue weighted by atomic mass is 32.2. The highest BCUT2D eigenvalue weighted by Crippen LogP contribution is 2.28. The zero-order valence-corrected chi connectivity index (χ0v) is 10.9. The molecule has 0 fully saturated rings. The Kier molecular flexibility index (Phi) is 3.14. The van der Waals surface area contributed by atoms with Gasteiger partial charge in [0.2, 0.25) is 0 Å². The van der Waals surface area contributed by atoms with Gasteiger partial charge in [-0.1, -0.05) is 6.07 Å². The predicted molar refractivity (Wildman–Crippen MR) is 70.7 cm³/mol. The highest BCUT2D eigenvalue weighted by molar-refractivity contribution is 7.99. The Morgan fingerprint density at radius 1 is 1.21 bits per heavy atom. The van der Waals surface area contributed by atoms with Crippen molar-refractivity contribution in [1.29, 1.82) is 0 Å². The van der Waals surface area contributed by atoms with Gasteiger partial charge in [-0.25, -0.2) is 19.9 Å². The van der Waals surface area contributed by atoms with Crippen LogP contribution in [0.25, 0.3) is 11.2 Å². The van der Waals surface area contributed by atoms with Crippen LogP contribution in [0.5, 0.6) is 0 Å². The normalized spacial score (nSPS) is 12.7. The molecule has 0 aromatic carbocycles. The van der Waals surface area contributed by atoms with Gasteiger partial charge in [-0.3, -0.25) is 0 Å². The number of H-pyrrole nitrogens is 1. The predicted octanol–water partition coefficient (Wildman–Crippen LogP) is 1.95. The topological polar surface area (TPSA) is 87.6 Å². The quantitative estimate of drug-likeness (QED) is 0.709. The minimum absolute atomic E-state index is 0.509. The standard InChI is InChI=1S/C12H11N5OS/c1-7(18)8-2-3-9(13-4-8)19-12-10-11(15-5-14-10)16-6-17-12/h2-7,18H,1H3,(H,14,15,16,17)/t7-/m0/s1. The van der Waals surface area contributed by atoms with Crippen molar-refractivity contribution in [3.63, 3.8) is 0 Å². The molecule has 7 heteroatoms. The van der Waals surface area contributed by atoms with E-state index < -0.39 is 6.10 Å². The van der Waals surface area contributed by atoms with Crippen molar-refractivity contribution in [1.82, 2.24) is 24.9 Å². The lowest BCUT2D eigenvalue weighted by molar-refractivity contribution is 0.198. The van der Waals surface area contributed by atoms with Crippen molar-refractivity contribution in [3.05, 3.63) is 36.5 Å². The summed E-state index contributed by atoms with van der Waals surface area (Å²) >= 11 is 1.43. The van der Waals surface area contributed by atoms with Gasteiger partial charge in [0.05, 0.1) is 12.4 Å². The molecule has 19 heavy (non-hydrogen) atoms. The second kappa shape index (κ2) is 4.94. The number of hydrogen-bond acceptors (Lipinski definition) is 6. The van der Waals surface area contributed by atoms with E-state index in [1.54, 1.807) is 19.4 Å². The van der Waals surface area contributed by atoms with Gasteiger partial charge in [-0.15, -0.1) is 0 Å². The number of imidazole rings is 1. The Morgan fingerprint density at radius 2 is 2.11 bits per heavy atom. The number of aromatic amines is 1. The summed E-state index contributed by atoms with van der Waals surface area (Å²) in [7, 11) is 0. The van der Waals surface area contributed by atoms with Crippen LogP contribution in [-0.4, -0.2) is 30.0 Å². The van der Waals surface area contributed by atoms with E-state index in [1.165, 1.54) is 18.1 Å². The molecule has 1 atom stereocenters. The summed E-state index contributed by atoms with van der Waals surface area (Å²) in [6.07, 6.45) is 4.23. The maximum atomic E-state index is 9.44. The number of nitrogens with zero attached hydrogens (tertiary/aromatic N) is 4. The third-order valence-electron chi connectivity index (χ3n) is 2.63. The Morgan fingerprint density at radius 3 is 2.84 bits per heavy atom. The number of aliphatic hydroxyl groups is 1. The fourth-order valence-electron chi connectivity index (χ4n) is 1.62. The van der Waals surface area contributed by atoms with Gasteiger partial charge in [-0.05, 0) is 30.3 Å². The first kappa shape index (κ1) is 12.1. The fourth-order valence-corrected chi connectivity index (χ4v) is 2.41. The van der Waals surface area contributed by atoms with Gasteiger partial charge >= 0.3 is 0 Å². The number of pyridine rings is 1. The lowest BCUT2D eigenvalue weighted by Crippen LogP contribution is -1.92. The molecule has 0 saturated heterocycles. The molecule has 0 aliphatic heterocycles. The molecule has 0 radical (unpaired) electrons. The minimum atomic E-state index is -0.509. The maximum absolute atomic E-state index is 9.44.